The van der Waals surface area contributed by atoms with Gasteiger partial charge < -0.3 is 10.3 Å². The molecule has 74 valence electrons. The molecule has 1 aromatic heterocycles. The minimum Gasteiger partial charge on any atom is -0.361 e. The summed E-state index contributed by atoms with van der Waals surface area (Å²) in [5.41, 5.74) is 6.46. The van der Waals surface area contributed by atoms with Crippen LogP contribution in [0.4, 0.5) is 0 Å². The Labute approximate surface area is 78.7 Å². The van der Waals surface area contributed by atoms with Crippen molar-refractivity contribution >= 4 is 0 Å². The molecule has 0 radical (unpaired) electrons. The Bertz CT molecular complexity index is 247. The summed E-state index contributed by atoms with van der Waals surface area (Å²) >= 11 is 0. The lowest BCUT2D eigenvalue weighted by Gasteiger charge is -2.17. The molecule has 4 nitrogen and oxygen atoms in total. The van der Waals surface area contributed by atoms with Gasteiger partial charge in [-0.15, -0.1) is 0 Å². The fourth-order valence-corrected chi connectivity index (χ4v) is 1.25. The van der Waals surface area contributed by atoms with E-state index in [9.17, 15) is 0 Å². The number of nitrogens with zero attached hydrogens (tertiary/aromatic N) is 2. The Morgan fingerprint density at radius 3 is 2.85 bits per heavy atom. The molecule has 0 aliphatic rings. The average molecular weight is 183 g/mol. The summed E-state index contributed by atoms with van der Waals surface area (Å²) in [6, 6.07) is 1.96. The second-order valence-corrected chi connectivity index (χ2v) is 3.09. The molecule has 4 heteroatoms. The molecule has 0 aliphatic carbocycles. The number of hydrogen-bond acceptors (Lipinski definition) is 4. The van der Waals surface area contributed by atoms with E-state index in [2.05, 4.69) is 17.0 Å². The van der Waals surface area contributed by atoms with Gasteiger partial charge >= 0.3 is 0 Å². The van der Waals surface area contributed by atoms with Gasteiger partial charge in [0, 0.05) is 25.7 Å². The van der Waals surface area contributed by atoms with Crippen molar-refractivity contribution in [3.05, 3.63) is 17.5 Å². The van der Waals surface area contributed by atoms with Crippen LogP contribution in [0.15, 0.2) is 10.6 Å². The van der Waals surface area contributed by atoms with E-state index in [-0.39, 0.29) is 0 Å². The van der Waals surface area contributed by atoms with Crippen molar-refractivity contribution in [1.29, 1.82) is 0 Å². The molecule has 1 rings (SSSR count). The molecule has 0 aromatic carbocycles. The zero-order chi connectivity index (χ0) is 9.68. The second-order valence-electron chi connectivity index (χ2n) is 3.09. The third-order valence-electron chi connectivity index (χ3n) is 1.95. The van der Waals surface area contributed by atoms with E-state index in [0.717, 1.165) is 31.1 Å². The predicted octanol–water partition coefficient (Wildman–Crippen LogP) is 0.764. The Morgan fingerprint density at radius 2 is 2.38 bits per heavy atom. The molecule has 1 aromatic rings. The van der Waals surface area contributed by atoms with Crippen LogP contribution in [0.25, 0.3) is 0 Å². The van der Waals surface area contributed by atoms with Gasteiger partial charge in [0.05, 0.1) is 5.69 Å². The smallest absolute Gasteiger partial charge is 0.133 e. The molecular formula is C9H17N3O. The van der Waals surface area contributed by atoms with Crippen molar-refractivity contribution in [2.75, 3.05) is 19.6 Å². The summed E-state index contributed by atoms with van der Waals surface area (Å²) in [5, 5.41) is 3.93. The monoisotopic (exact) mass is 183 g/mol. The van der Waals surface area contributed by atoms with Crippen molar-refractivity contribution in [3.63, 3.8) is 0 Å². The highest BCUT2D eigenvalue weighted by atomic mass is 16.5. The maximum absolute atomic E-state index is 5.48. The lowest BCUT2D eigenvalue weighted by atomic mass is 10.3. The van der Waals surface area contributed by atoms with Gasteiger partial charge in [-0.25, -0.2) is 0 Å². The van der Waals surface area contributed by atoms with Crippen LogP contribution in [0.2, 0.25) is 0 Å². The van der Waals surface area contributed by atoms with Crippen LogP contribution in [-0.2, 0) is 6.54 Å². The van der Waals surface area contributed by atoms with Gasteiger partial charge in [-0.2, -0.15) is 0 Å². The van der Waals surface area contributed by atoms with Crippen LogP contribution in [0.3, 0.4) is 0 Å². The standard InChI is InChI=1S/C9H17N3O/c1-3-12(5-4-10)7-9-6-8(2)13-11-9/h6H,3-5,7,10H2,1-2H3. The summed E-state index contributed by atoms with van der Waals surface area (Å²) in [5.74, 6) is 0.860. The Kier molecular flexibility index (Phi) is 3.92. The van der Waals surface area contributed by atoms with Gasteiger partial charge in [-0.05, 0) is 13.5 Å². The van der Waals surface area contributed by atoms with Crippen molar-refractivity contribution in [2.45, 2.75) is 20.4 Å². The molecule has 0 spiro atoms. The van der Waals surface area contributed by atoms with Crippen molar-refractivity contribution in [1.82, 2.24) is 10.1 Å². The van der Waals surface area contributed by atoms with E-state index in [1.54, 1.807) is 0 Å². The highest BCUT2D eigenvalue weighted by Crippen LogP contribution is 2.04. The first-order chi connectivity index (χ1) is 6.26. The molecule has 13 heavy (non-hydrogen) atoms. The normalized spacial score (nSPS) is 11.1. The number of likely N-dealkylation sites (N-methyl/N-ethyl adjacent to an activating group) is 1. The molecule has 0 aliphatic heterocycles. The maximum Gasteiger partial charge on any atom is 0.133 e. The van der Waals surface area contributed by atoms with Crippen molar-refractivity contribution < 1.29 is 4.52 Å². The number of rotatable bonds is 5. The first-order valence-electron chi connectivity index (χ1n) is 4.61. The van der Waals surface area contributed by atoms with E-state index < -0.39 is 0 Å². The molecule has 0 saturated heterocycles. The number of hydrogen-bond donors (Lipinski definition) is 1. The molecule has 0 bridgehead atoms. The summed E-state index contributed by atoms with van der Waals surface area (Å²) in [6.07, 6.45) is 0. The Morgan fingerprint density at radius 1 is 1.62 bits per heavy atom. The Balaban J connectivity index is 2.46. The van der Waals surface area contributed by atoms with Crippen LogP contribution < -0.4 is 5.73 Å². The van der Waals surface area contributed by atoms with Crippen LogP contribution in [0.5, 0.6) is 0 Å². The van der Waals surface area contributed by atoms with Crippen molar-refractivity contribution in [2.24, 2.45) is 5.73 Å². The van der Waals surface area contributed by atoms with Gasteiger partial charge in [0.15, 0.2) is 0 Å². The van der Waals surface area contributed by atoms with Gasteiger partial charge in [0.1, 0.15) is 5.76 Å². The minimum absolute atomic E-state index is 0.685. The second kappa shape index (κ2) is 4.99. The summed E-state index contributed by atoms with van der Waals surface area (Å²) in [7, 11) is 0. The SMILES string of the molecule is CCN(CCN)Cc1cc(C)on1. The van der Waals surface area contributed by atoms with Crippen LogP contribution in [0.1, 0.15) is 18.4 Å². The largest absolute Gasteiger partial charge is 0.361 e. The fourth-order valence-electron chi connectivity index (χ4n) is 1.25. The molecule has 2 N–H and O–H groups in total. The zero-order valence-corrected chi connectivity index (χ0v) is 8.29. The molecule has 0 saturated carbocycles. The third kappa shape index (κ3) is 3.16. The molecular weight excluding hydrogens is 166 g/mol. The lowest BCUT2D eigenvalue weighted by molar-refractivity contribution is 0.276. The first-order valence-corrected chi connectivity index (χ1v) is 4.61. The lowest BCUT2D eigenvalue weighted by Crippen LogP contribution is -2.28. The predicted molar refractivity (Wildman–Crippen MR) is 51.2 cm³/mol. The molecule has 0 fully saturated rings. The van der Waals surface area contributed by atoms with Crippen LogP contribution in [-0.4, -0.2) is 29.7 Å². The van der Waals surface area contributed by atoms with Gasteiger partial charge in [-0.1, -0.05) is 12.1 Å². The summed E-state index contributed by atoms with van der Waals surface area (Å²) < 4.78 is 4.98. The number of aromatic nitrogens is 1. The van der Waals surface area contributed by atoms with Crippen LogP contribution in [0, 0.1) is 6.92 Å². The molecule has 0 amide bonds. The van der Waals surface area contributed by atoms with E-state index >= 15 is 0 Å². The van der Waals surface area contributed by atoms with E-state index in [4.69, 9.17) is 10.3 Å². The van der Waals surface area contributed by atoms with Crippen molar-refractivity contribution in [3.8, 4) is 0 Å². The average Bonchev–Trinajstić information content (AvgIpc) is 2.50. The number of nitrogens with two attached hydrogens (primary N) is 1. The van der Waals surface area contributed by atoms with Gasteiger partial charge in [0.25, 0.3) is 0 Å². The summed E-state index contributed by atoms with van der Waals surface area (Å²) in [4.78, 5) is 2.23. The quantitative estimate of drug-likeness (QED) is 0.732. The minimum atomic E-state index is 0.685. The van der Waals surface area contributed by atoms with E-state index in [1.807, 2.05) is 13.0 Å². The topological polar surface area (TPSA) is 55.3 Å². The van der Waals surface area contributed by atoms with Gasteiger partial charge in [0.2, 0.25) is 0 Å². The molecule has 1 heterocycles. The molecule has 0 atom stereocenters. The van der Waals surface area contributed by atoms with Gasteiger partial charge in [-0.3, -0.25) is 4.90 Å². The van der Waals surface area contributed by atoms with Crippen LogP contribution >= 0.6 is 0 Å². The maximum atomic E-state index is 5.48. The highest BCUT2D eigenvalue weighted by Gasteiger charge is 2.05. The third-order valence-corrected chi connectivity index (χ3v) is 1.95. The Hall–Kier alpha value is -0.870. The van der Waals surface area contributed by atoms with E-state index in [1.165, 1.54) is 0 Å². The van der Waals surface area contributed by atoms with E-state index in [0.29, 0.717) is 6.54 Å². The molecule has 0 unspecified atom stereocenters. The summed E-state index contributed by atoms with van der Waals surface area (Å²) in [6.45, 7) is 7.42. The first kappa shape index (κ1) is 10.2. The highest BCUT2D eigenvalue weighted by molar-refractivity contribution is 5.03. The number of aryl methyl sites for hydroxylation is 1. The zero-order valence-electron chi connectivity index (χ0n) is 8.29. The fraction of sp³-hybridized carbons (Fsp3) is 0.667.